The standard InChI is InChI=1S/C16H18BrF2N3O3/c1-15(2,3)22(14(24)25)10-5-9(6-10)21-12-11(4-8(17)7-20-12)16(18,19)13(21)23/h4,7,9-10H,5-6H2,1-3H3,(H,24,25)/p-1. The van der Waals surface area contributed by atoms with Crippen molar-refractivity contribution in [3.8, 4) is 0 Å². The maximum atomic E-state index is 14.3. The van der Waals surface area contributed by atoms with E-state index in [4.69, 9.17) is 0 Å². The second-order valence-corrected chi connectivity index (χ2v) is 8.28. The zero-order valence-corrected chi connectivity index (χ0v) is 15.5. The number of nitrogens with zero attached hydrogens (tertiary/aromatic N) is 3. The molecule has 1 fully saturated rings. The zero-order valence-electron chi connectivity index (χ0n) is 13.9. The van der Waals surface area contributed by atoms with E-state index in [-0.39, 0.29) is 24.7 Å². The molecule has 3 rings (SSSR count). The van der Waals surface area contributed by atoms with Gasteiger partial charge in [0.2, 0.25) is 0 Å². The number of amides is 2. The van der Waals surface area contributed by atoms with Crippen LogP contribution in [0.3, 0.4) is 0 Å². The van der Waals surface area contributed by atoms with E-state index >= 15 is 0 Å². The molecule has 0 radical (unpaired) electrons. The predicted molar refractivity (Wildman–Crippen MR) is 87.1 cm³/mol. The molecule has 0 unspecified atom stereocenters. The Morgan fingerprint density at radius 1 is 1.44 bits per heavy atom. The van der Waals surface area contributed by atoms with E-state index in [1.165, 1.54) is 17.2 Å². The highest BCUT2D eigenvalue weighted by molar-refractivity contribution is 9.10. The molecule has 0 saturated heterocycles. The fourth-order valence-corrected chi connectivity index (χ4v) is 3.84. The maximum absolute atomic E-state index is 14.3. The topological polar surface area (TPSA) is 76.6 Å². The Kier molecular flexibility index (Phi) is 4.05. The van der Waals surface area contributed by atoms with Crippen molar-refractivity contribution in [2.75, 3.05) is 4.90 Å². The van der Waals surface area contributed by atoms with Gasteiger partial charge in [0.15, 0.2) is 0 Å². The summed E-state index contributed by atoms with van der Waals surface area (Å²) in [4.78, 5) is 29.8. The van der Waals surface area contributed by atoms with Crippen molar-refractivity contribution in [1.82, 2.24) is 9.88 Å². The van der Waals surface area contributed by atoms with Gasteiger partial charge in [-0.3, -0.25) is 9.69 Å². The summed E-state index contributed by atoms with van der Waals surface area (Å²) >= 11 is 3.09. The van der Waals surface area contributed by atoms with Gasteiger partial charge in [0, 0.05) is 28.3 Å². The number of alkyl halides is 2. The number of hydrogen-bond donors (Lipinski definition) is 0. The Balaban J connectivity index is 1.84. The zero-order chi connectivity index (χ0) is 18.7. The van der Waals surface area contributed by atoms with Gasteiger partial charge < -0.3 is 14.8 Å². The highest BCUT2D eigenvalue weighted by atomic mass is 79.9. The van der Waals surface area contributed by atoms with Gasteiger partial charge in [0.05, 0.1) is 5.56 Å². The number of carboxylic acid groups (broad SMARTS) is 1. The molecular weight excluding hydrogens is 400 g/mol. The first kappa shape index (κ1) is 18.0. The van der Waals surface area contributed by atoms with E-state index in [1.54, 1.807) is 20.8 Å². The van der Waals surface area contributed by atoms with Gasteiger partial charge in [0.25, 0.3) is 0 Å². The number of halogens is 3. The van der Waals surface area contributed by atoms with Crippen molar-refractivity contribution in [2.45, 2.75) is 57.2 Å². The van der Waals surface area contributed by atoms with Crippen LogP contribution < -0.4 is 10.0 Å². The van der Waals surface area contributed by atoms with Crippen molar-refractivity contribution in [3.05, 3.63) is 22.3 Å². The molecule has 136 valence electrons. The van der Waals surface area contributed by atoms with Gasteiger partial charge in [-0.05, 0) is 55.6 Å². The molecule has 9 heteroatoms. The minimum atomic E-state index is -3.63. The Labute approximate surface area is 151 Å². The number of hydrogen-bond acceptors (Lipinski definition) is 4. The number of carbonyl (C=O) groups is 2. The molecule has 1 aromatic rings. The van der Waals surface area contributed by atoms with Crippen LogP contribution in [0.2, 0.25) is 0 Å². The fraction of sp³-hybridized carbons (Fsp3) is 0.562. The van der Waals surface area contributed by atoms with Crippen LogP contribution in [-0.2, 0) is 10.7 Å². The van der Waals surface area contributed by atoms with Crippen LogP contribution in [-0.4, -0.2) is 39.5 Å². The third kappa shape index (κ3) is 2.78. The highest BCUT2D eigenvalue weighted by Gasteiger charge is 2.57. The predicted octanol–water partition coefficient (Wildman–Crippen LogP) is 2.26. The molecule has 6 nitrogen and oxygen atoms in total. The molecule has 0 spiro atoms. The summed E-state index contributed by atoms with van der Waals surface area (Å²) in [6, 6.07) is 0.303. The molecule has 1 aliphatic heterocycles. The van der Waals surface area contributed by atoms with Gasteiger partial charge >= 0.3 is 11.8 Å². The smallest absolute Gasteiger partial charge is 0.353 e. The van der Waals surface area contributed by atoms with E-state index in [2.05, 4.69) is 20.9 Å². The van der Waals surface area contributed by atoms with Crippen LogP contribution in [0.4, 0.5) is 19.4 Å². The first-order valence-electron chi connectivity index (χ1n) is 7.82. The van der Waals surface area contributed by atoms with E-state index in [9.17, 15) is 23.5 Å². The van der Waals surface area contributed by atoms with Crippen LogP contribution >= 0.6 is 15.9 Å². The Hall–Kier alpha value is -1.77. The SMILES string of the molecule is CC(C)(C)N(C(=O)[O-])C1CC(N2C(=O)C(F)(F)c3cc(Br)cnc32)C1. The third-order valence-corrected chi connectivity index (χ3v) is 5.06. The van der Waals surface area contributed by atoms with Crippen molar-refractivity contribution in [3.63, 3.8) is 0 Å². The van der Waals surface area contributed by atoms with Crippen molar-refractivity contribution in [2.24, 2.45) is 0 Å². The summed E-state index contributed by atoms with van der Waals surface area (Å²) in [5.74, 6) is -5.00. The van der Waals surface area contributed by atoms with Crippen LogP contribution in [0, 0.1) is 0 Å². The number of fused-ring (bicyclic) bond motifs is 1. The highest BCUT2D eigenvalue weighted by Crippen LogP contribution is 2.48. The first-order valence-corrected chi connectivity index (χ1v) is 8.61. The second-order valence-electron chi connectivity index (χ2n) is 7.36. The molecule has 2 heterocycles. The van der Waals surface area contributed by atoms with Crippen LogP contribution in [0.5, 0.6) is 0 Å². The van der Waals surface area contributed by atoms with E-state index in [1.807, 2.05) is 0 Å². The number of aromatic nitrogens is 1. The number of anilines is 1. The molecule has 1 aliphatic carbocycles. The van der Waals surface area contributed by atoms with Crippen LogP contribution in [0.25, 0.3) is 0 Å². The summed E-state index contributed by atoms with van der Waals surface area (Å²) in [5.41, 5.74) is -1.10. The lowest BCUT2D eigenvalue weighted by atomic mass is 9.82. The van der Waals surface area contributed by atoms with E-state index in [0.29, 0.717) is 4.47 Å². The first-order chi connectivity index (χ1) is 11.4. The summed E-state index contributed by atoms with van der Waals surface area (Å²) in [7, 11) is 0. The largest absolute Gasteiger partial charge is 0.530 e. The molecule has 0 atom stereocenters. The summed E-state index contributed by atoms with van der Waals surface area (Å²) in [6.45, 7) is 5.21. The van der Waals surface area contributed by atoms with Crippen molar-refractivity contribution in [1.29, 1.82) is 0 Å². The maximum Gasteiger partial charge on any atom is 0.353 e. The summed E-state index contributed by atoms with van der Waals surface area (Å²) in [6.07, 6.45) is 0.588. The van der Waals surface area contributed by atoms with Crippen molar-refractivity contribution < 1.29 is 23.5 Å². The van der Waals surface area contributed by atoms with Gasteiger partial charge in [-0.25, -0.2) is 4.98 Å². The Morgan fingerprint density at radius 2 is 2.04 bits per heavy atom. The number of rotatable bonds is 2. The van der Waals surface area contributed by atoms with E-state index < -0.39 is 35.1 Å². The minimum absolute atomic E-state index is 0.0580. The van der Waals surface area contributed by atoms with Gasteiger partial charge in [0.1, 0.15) is 11.9 Å². The lowest BCUT2D eigenvalue weighted by molar-refractivity contribution is -0.275. The van der Waals surface area contributed by atoms with Crippen molar-refractivity contribution >= 4 is 33.7 Å². The monoisotopic (exact) mass is 416 g/mol. The molecule has 25 heavy (non-hydrogen) atoms. The molecule has 0 bridgehead atoms. The third-order valence-electron chi connectivity index (χ3n) is 4.63. The van der Waals surface area contributed by atoms with Gasteiger partial charge in [-0.2, -0.15) is 8.78 Å². The fourth-order valence-electron chi connectivity index (χ4n) is 3.51. The summed E-state index contributed by atoms with van der Waals surface area (Å²) in [5, 5.41) is 11.4. The molecular formula is C16H17BrF2N3O3-. The number of pyridine rings is 1. The minimum Gasteiger partial charge on any atom is -0.530 e. The lowest BCUT2D eigenvalue weighted by Crippen LogP contribution is -2.64. The van der Waals surface area contributed by atoms with Gasteiger partial charge in [-0.15, -0.1) is 0 Å². The molecule has 0 N–H and O–H groups in total. The molecule has 1 saturated carbocycles. The molecule has 1 aromatic heterocycles. The molecule has 2 amide bonds. The quantitative estimate of drug-likeness (QED) is 0.740. The molecule has 0 aromatic carbocycles. The lowest BCUT2D eigenvalue weighted by Gasteiger charge is -2.52. The average Bonchev–Trinajstić information content (AvgIpc) is 2.60. The summed E-state index contributed by atoms with van der Waals surface area (Å²) < 4.78 is 28.9. The van der Waals surface area contributed by atoms with Gasteiger partial charge in [-0.1, -0.05) is 0 Å². The van der Waals surface area contributed by atoms with E-state index in [0.717, 1.165) is 4.90 Å². The average molecular weight is 417 g/mol. The van der Waals surface area contributed by atoms with Crippen LogP contribution in [0.15, 0.2) is 16.7 Å². The Bertz CT molecular complexity index is 745. The number of carbonyl (C=O) groups excluding carboxylic acids is 2. The Morgan fingerprint density at radius 3 is 2.56 bits per heavy atom. The molecule has 2 aliphatic rings. The second kappa shape index (κ2) is 5.62. The van der Waals surface area contributed by atoms with Crippen LogP contribution in [0.1, 0.15) is 39.2 Å². The normalized spacial score (nSPS) is 24.7.